The van der Waals surface area contributed by atoms with Gasteiger partial charge < -0.3 is 26.2 Å². The van der Waals surface area contributed by atoms with Gasteiger partial charge in [-0.1, -0.05) is 32.0 Å². The summed E-state index contributed by atoms with van der Waals surface area (Å²) in [6, 6.07) is 6.60. The van der Waals surface area contributed by atoms with Crippen molar-refractivity contribution in [2.75, 3.05) is 19.8 Å². The molecule has 0 spiro atoms. The number of aliphatic hydroxyl groups is 1. The maximum absolute atomic E-state index is 11.8. The maximum Gasteiger partial charge on any atom is 0.239 e. The summed E-state index contributed by atoms with van der Waals surface area (Å²) < 4.78 is 5.39. The minimum absolute atomic E-state index is 0.00797. The minimum atomic E-state index is -0.629. The third-order valence-corrected chi connectivity index (χ3v) is 3.24. The van der Waals surface area contributed by atoms with E-state index in [4.69, 9.17) is 15.6 Å². The normalized spacial score (nSPS) is 11.9. The number of carbonyl (C=O) groups excluding carboxylic acids is 2. The van der Waals surface area contributed by atoms with E-state index in [-0.39, 0.29) is 44.0 Å². The number of hydrogen-bond donors (Lipinski definition) is 4. The lowest BCUT2D eigenvalue weighted by Gasteiger charge is -2.15. The van der Waals surface area contributed by atoms with Crippen molar-refractivity contribution < 1.29 is 19.4 Å². The molecule has 0 aliphatic rings. The van der Waals surface area contributed by atoms with E-state index in [0.717, 1.165) is 5.56 Å². The second-order valence-corrected chi connectivity index (χ2v) is 5.44. The number of rotatable bonds is 9. The summed E-state index contributed by atoms with van der Waals surface area (Å²) in [6.45, 7) is 3.93. The van der Waals surface area contributed by atoms with Gasteiger partial charge in [0.05, 0.1) is 19.2 Å². The van der Waals surface area contributed by atoms with Crippen molar-refractivity contribution in [1.82, 2.24) is 10.6 Å². The third kappa shape index (κ3) is 6.66. The molecule has 5 N–H and O–H groups in total. The van der Waals surface area contributed by atoms with E-state index in [1.165, 1.54) is 0 Å². The van der Waals surface area contributed by atoms with Crippen LogP contribution in [-0.4, -0.2) is 42.7 Å². The summed E-state index contributed by atoms with van der Waals surface area (Å²) in [5, 5.41) is 14.0. The van der Waals surface area contributed by atoms with Gasteiger partial charge in [0.15, 0.2) is 0 Å². The molecule has 0 aromatic heterocycles. The van der Waals surface area contributed by atoms with Gasteiger partial charge in [-0.2, -0.15) is 0 Å². The van der Waals surface area contributed by atoms with Crippen LogP contribution in [0.25, 0.3) is 0 Å². The van der Waals surface area contributed by atoms with E-state index in [9.17, 15) is 9.59 Å². The fourth-order valence-corrected chi connectivity index (χ4v) is 1.79. The van der Waals surface area contributed by atoms with Crippen LogP contribution in [0.4, 0.5) is 0 Å². The molecule has 1 aromatic carbocycles. The molecule has 0 saturated heterocycles. The average molecular weight is 323 g/mol. The third-order valence-electron chi connectivity index (χ3n) is 3.24. The van der Waals surface area contributed by atoms with Gasteiger partial charge in [-0.3, -0.25) is 9.59 Å². The Kier molecular flexibility index (Phi) is 8.07. The Balaban J connectivity index is 2.43. The number of carbonyl (C=O) groups is 2. The van der Waals surface area contributed by atoms with Gasteiger partial charge in [-0.15, -0.1) is 0 Å². The SMILES string of the molecule is CC(C)[C@H](N)C(=O)NCC(=O)NCc1ccccc1OCCO. The van der Waals surface area contributed by atoms with Crippen LogP contribution in [0.3, 0.4) is 0 Å². The molecule has 2 amide bonds. The first kappa shape index (κ1) is 18.9. The van der Waals surface area contributed by atoms with Crippen LogP contribution >= 0.6 is 0 Å². The Morgan fingerprint density at radius 3 is 2.61 bits per heavy atom. The highest BCUT2D eigenvalue weighted by Gasteiger charge is 2.17. The Morgan fingerprint density at radius 1 is 1.26 bits per heavy atom. The molecule has 128 valence electrons. The second-order valence-electron chi connectivity index (χ2n) is 5.44. The number of nitrogens with two attached hydrogens (primary N) is 1. The van der Waals surface area contributed by atoms with Crippen molar-refractivity contribution in [3.63, 3.8) is 0 Å². The molecule has 1 aromatic rings. The van der Waals surface area contributed by atoms with Crippen LogP contribution in [0.15, 0.2) is 24.3 Å². The summed E-state index contributed by atoms with van der Waals surface area (Å²) in [4.78, 5) is 23.5. The fraction of sp³-hybridized carbons (Fsp3) is 0.500. The molecular weight excluding hydrogens is 298 g/mol. The van der Waals surface area contributed by atoms with Gasteiger partial charge in [-0.05, 0) is 12.0 Å². The Hall–Kier alpha value is -2.12. The molecule has 7 nitrogen and oxygen atoms in total. The van der Waals surface area contributed by atoms with Crippen molar-refractivity contribution >= 4 is 11.8 Å². The van der Waals surface area contributed by atoms with Crippen molar-refractivity contribution in [3.8, 4) is 5.75 Å². The fourth-order valence-electron chi connectivity index (χ4n) is 1.79. The first-order valence-corrected chi connectivity index (χ1v) is 7.57. The van der Waals surface area contributed by atoms with Crippen molar-refractivity contribution in [1.29, 1.82) is 0 Å². The number of nitrogens with one attached hydrogen (secondary N) is 2. The largest absolute Gasteiger partial charge is 0.491 e. The first-order chi connectivity index (χ1) is 11.0. The quantitative estimate of drug-likeness (QED) is 0.501. The lowest BCUT2D eigenvalue weighted by Crippen LogP contribution is -2.47. The van der Waals surface area contributed by atoms with Crippen LogP contribution in [-0.2, 0) is 16.1 Å². The second kappa shape index (κ2) is 9.81. The Labute approximate surface area is 136 Å². The van der Waals surface area contributed by atoms with Gasteiger partial charge in [0.25, 0.3) is 0 Å². The smallest absolute Gasteiger partial charge is 0.239 e. The molecule has 0 aliphatic heterocycles. The Bertz CT molecular complexity index is 520. The number of ether oxygens (including phenoxy) is 1. The number of para-hydroxylation sites is 1. The van der Waals surface area contributed by atoms with E-state index in [1.54, 1.807) is 6.07 Å². The average Bonchev–Trinajstić information content (AvgIpc) is 2.55. The topological polar surface area (TPSA) is 114 Å². The molecule has 1 rings (SSSR count). The monoisotopic (exact) mass is 323 g/mol. The van der Waals surface area contributed by atoms with Crippen LogP contribution in [0.1, 0.15) is 19.4 Å². The van der Waals surface area contributed by atoms with Crippen molar-refractivity contribution in [2.24, 2.45) is 11.7 Å². The molecule has 0 radical (unpaired) electrons. The van der Waals surface area contributed by atoms with Crippen molar-refractivity contribution in [2.45, 2.75) is 26.4 Å². The predicted molar refractivity (Wildman–Crippen MR) is 86.7 cm³/mol. The minimum Gasteiger partial charge on any atom is -0.491 e. The standard InChI is InChI=1S/C16H25N3O4/c1-11(2)15(17)16(22)19-10-14(21)18-9-12-5-3-4-6-13(12)23-8-7-20/h3-6,11,15,20H,7-10,17H2,1-2H3,(H,18,21)(H,19,22)/t15-/m0/s1. The summed E-state index contributed by atoms with van der Waals surface area (Å²) in [6.07, 6.45) is 0. The molecule has 0 heterocycles. The van der Waals surface area contributed by atoms with Gasteiger partial charge in [0.2, 0.25) is 11.8 Å². The Morgan fingerprint density at radius 2 is 1.96 bits per heavy atom. The zero-order valence-electron chi connectivity index (χ0n) is 13.5. The molecule has 0 aliphatic carbocycles. The summed E-state index contributed by atoms with van der Waals surface area (Å²) >= 11 is 0. The van der Waals surface area contributed by atoms with E-state index >= 15 is 0 Å². The van der Waals surface area contributed by atoms with E-state index in [0.29, 0.717) is 5.75 Å². The maximum atomic E-state index is 11.8. The zero-order chi connectivity index (χ0) is 17.2. The highest BCUT2D eigenvalue weighted by molar-refractivity contribution is 5.87. The first-order valence-electron chi connectivity index (χ1n) is 7.57. The number of amides is 2. The van der Waals surface area contributed by atoms with Crippen LogP contribution < -0.4 is 21.1 Å². The van der Waals surface area contributed by atoms with Gasteiger partial charge in [-0.25, -0.2) is 0 Å². The van der Waals surface area contributed by atoms with Gasteiger partial charge in [0, 0.05) is 12.1 Å². The molecular formula is C16H25N3O4. The predicted octanol–water partition coefficient (Wildman–Crippen LogP) is -0.227. The number of aliphatic hydroxyl groups excluding tert-OH is 1. The molecule has 0 saturated carbocycles. The lowest BCUT2D eigenvalue weighted by atomic mass is 10.1. The molecule has 1 atom stereocenters. The molecule has 0 bridgehead atoms. The number of hydrogen-bond acceptors (Lipinski definition) is 5. The van der Waals surface area contributed by atoms with Crippen LogP contribution in [0.2, 0.25) is 0 Å². The molecule has 7 heteroatoms. The van der Waals surface area contributed by atoms with Crippen molar-refractivity contribution in [3.05, 3.63) is 29.8 Å². The highest BCUT2D eigenvalue weighted by Crippen LogP contribution is 2.17. The summed E-state index contributed by atoms with van der Waals surface area (Å²) in [5.74, 6) is -0.0468. The zero-order valence-corrected chi connectivity index (χ0v) is 13.5. The molecule has 0 unspecified atom stereocenters. The number of benzene rings is 1. The van der Waals surface area contributed by atoms with E-state index in [1.807, 2.05) is 32.0 Å². The van der Waals surface area contributed by atoms with Gasteiger partial charge >= 0.3 is 0 Å². The van der Waals surface area contributed by atoms with Crippen LogP contribution in [0, 0.1) is 5.92 Å². The highest BCUT2D eigenvalue weighted by atomic mass is 16.5. The van der Waals surface area contributed by atoms with Crippen LogP contribution in [0.5, 0.6) is 5.75 Å². The summed E-state index contributed by atoms with van der Waals surface area (Å²) in [5.41, 5.74) is 6.49. The molecule has 0 fully saturated rings. The van der Waals surface area contributed by atoms with E-state index < -0.39 is 6.04 Å². The molecule has 23 heavy (non-hydrogen) atoms. The van der Waals surface area contributed by atoms with Gasteiger partial charge in [0.1, 0.15) is 12.4 Å². The van der Waals surface area contributed by atoms with E-state index in [2.05, 4.69) is 10.6 Å². The summed E-state index contributed by atoms with van der Waals surface area (Å²) in [7, 11) is 0. The lowest BCUT2D eigenvalue weighted by molar-refractivity contribution is -0.127.